The van der Waals surface area contributed by atoms with Crippen molar-refractivity contribution < 1.29 is 29.0 Å². The van der Waals surface area contributed by atoms with Gasteiger partial charge in [0.25, 0.3) is 0 Å². The Labute approximate surface area is 201 Å². The maximum atomic E-state index is 13.7. The highest BCUT2D eigenvalue weighted by atomic mass is 16.6. The summed E-state index contributed by atoms with van der Waals surface area (Å²) in [5, 5.41) is 27.6. The summed E-state index contributed by atoms with van der Waals surface area (Å²) in [4.78, 5) is 51.6. The number of ether oxygens (including phenoxy) is 1. The maximum absolute atomic E-state index is 13.7. The fourth-order valence-electron chi connectivity index (χ4n) is 3.74. The van der Waals surface area contributed by atoms with E-state index in [9.17, 15) is 19.2 Å². The number of para-hydroxylation sites is 1. The monoisotopic (exact) mass is 487 g/mol. The number of amides is 3. The normalized spacial score (nSPS) is 15.7. The van der Waals surface area contributed by atoms with Gasteiger partial charge in [-0.1, -0.05) is 23.4 Å². The topological polar surface area (TPSA) is 180 Å². The molecule has 1 aromatic carbocycles. The van der Waals surface area contributed by atoms with Gasteiger partial charge >= 0.3 is 12.1 Å². The van der Waals surface area contributed by atoms with Crippen LogP contribution in [0.3, 0.4) is 0 Å². The highest BCUT2D eigenvalue weighted by molar-refractivity contribution is 6.06. The third-order valence-electron chi connectivity index (χ3n) is 5.20. The van der Waals surface area contributed by atoms with Crippen LogP contribution in [0.1, 0.15) is 51.4 Å². The van der Waals surface area contributed by atoms with Gasteiger partial charge in [0, 0.05) is 18.5 Å². The van der Waals surface area contributed by atoms with E-state index in [0.717, 1.165) is 5.56 Å². The summed E-state index contributed by atoms with van der Waals surface area (Å²) in [6.45, 7) is 5.08. The molecule has 2 atom stereocenters. The summed E-state index contributed by atoms with van der Waals surface area (Å²) in [7, 11) is 0. The quantitative estimate of drug-likeness (QED) is 0.400. The number of rotatable bonds is 9. The predicted octanol–water partition coefficient (Wildman–Crippen LogP) is 0.922. The third kappa shape index (κ3) is 6.98. The second-order valence-electron chi connectivity index (χ2n) is 9.09. The van der Waals surface area contributed by atoms with Crippen LogP contribution in [-0.4, -0.2) is 67.3 Å². The number of nitrogens with one attached hydrogen (secondary N) is 3. The van der Waals surface area contributed by atoms with Crippen molar-refractivity contribution in [3.63, 3.8) is 0 Å². The second kappa shape index (κ2) is 10.9. The van der Waals surface area contributed by atoms with Crippen LogP contribution in [0.4, 0.5) is 10.5 Å². The standard InChI is InChI=1S/C22H29N7O6/c1-22(2,3)35-21(34)24-14(8-6-10-18(30)31)20(33)29-15-9-5-4-7-13(15)11-16(29)19(32)23-12-17-25-27-28-26-17/h4-5,7,9,14,16H,6,8,10-12H2,1-3H3,(H,23,32)(H,24,34)(H,30,31)(H,25,26,27,28)/t14?,16-/m0/s1. The minimum atomic E-state index is -1.09. The molecule has 13 nitrogen and oxygen atoms in total. The van der Waals surface area contributed by atoms with Gasteiger partial charge in [0.1, 0.15) is 17.7 Å². The van der Waals surface area contributed by atoms with Gasteiger partial charge in [0.05, 0.1) is 6.54 Å². The number of nitrogens with zero attached hydrogens (tertiary/aromatic N) is 4. The molecule has 1 aromatic heterocycles. The van der Waals surface area contributed by atoms with Crippen LogP contribution in [0.5, 0.6) is 0 Å². The molecule has 3 amide bonds. The van der Waals surface area contributed by atoms with Crippen molar-refractivity contribution in [3.8, 4) is 0 Å². The molecule has 0 aliphatic carbocycles. The first kappa shape index (κ1) is 25.6. The number of H-pyrrole nitrogens is 1. The largest absolute Gasteiger partial charge is 0.481 e. The number of hydrogen-bond donors (Lipinski definition) is 4. The number of hydrogen-bond acceptors (Lipinski definition) is 8. The average molecular weight is 488 g/mol. The lowest BCUT2D eigenvalue weighted by Crippen LogP contribution is -2.55. The van der Waals surface area contributed by atoms with Crippen molar-refractivity contribution in [1.82, 2.24) is 31.3 Å². The molecule has 1 aliphatic rings. The Morgan fingerprint density at radius 2 is 2.00 bits per heavy atom. The third-order valence-corrected chi connectivity index (χ3v) is 5.20. The SMILES string of the molecule is CC(C)(C)OC(=O)NC(CCCC(=O)O)C(=O)N1c2ccccc2C[C@H]1C(=O)NCc1nn[nH]n1. The number of carbonyl (C=O) groups is 4. The van der Waals surface area contributed by atoms with Crippen molar-refractivity contribution in [2.24, 2.45) is 0 Å². The highest BCUT2D eigenvalue weighted by Crippen LogP contribution is 2.33. The zero-order valence-electron chi connectivity index (χ0n) is 19.8. The number of fused-ring (bicyclic) bond motifs is 1. The predicted molar refractivity (Wildman–Crippen MR) is 122 cm³/mol. The van der Waals surface area contributed by atoms with E-state index in [1.807, 2.05) is 12.1 Å². The fourth-order valence-corrected chi connectivity index (χ4v) is 3.74. The average Bonchev–Trinajstić information content (AvgIpc) is 3.42. The van der Waals surface area contributed by atoms with Gasteiger partial charge < -0.3 is 20.5 Å². The van der Waals surface area contributed by atoms with E-state index in [0.29, 0.717) is 5.69 Å². The molecule has 13 heteroatoms. The first-order valence-electron chi connectivity index (χ1n) is 11.2. The molecule has 0 saturated carbocycles. The number of anilines is 1. The summed E-state index contributed by atoms with van der Waals surface area (Å²) in [6, 6.07) is 5.13. The fraction of sp³-hybridized carbons (Fsp3) is 0.500. The molecular formula is C22H29N7O6. The summed E-state index contributed by atoms with van der Waals surface area (Å²) < 4.78 is 5.29. The molecular weight excluding hydrogens is 458 g/mol. The van der Waals surface area contributed by atoms with Gasteiger partial charge in [0.15, 0.2) is 5.82 Å². The molecule has 4 N–H and O–H groups in total. The van der Waals surface area contributed by atoms with E-state index in [-0.39, 0.29) is 38.1 Å². The van der Waals surface area contributed by atoms with Gasteiger partial charge in [-0.05, 0) is 45.2 Å². The van der Waals surface area contributed by atoms with Crippen LogP contribution < -0.4 is 15.5 Å². The number of alkyl carbamates (subject to hydrolysis) is 1. The number of aromatic amines is 1. The summed E-state index contributed by atoms with van der Waals surface area (Å²) in [5.74, 6) is -1.70. The molecule has 0 spiro atoms. The lowest BCUT2D eigenvalue weighted by Gasteiger charge is -2.30. The van der Waals surface area contributed by atoms with Crippen molar-refractivity contribution in [2.45, 2.75) is 70.7 Å². The number of tetrazole rings is 1. The van der Waals surface area contributed by atoms with Gasteiger partial charge in [0.2, 0.25) is 11.8 Å². The molecule has 2 heterocycles. The Morgan fingerprint density at radius 1 is 1.26 bits per heavy atom. The van der Waals surface area contributed by atoms with Gasteiger partial charge in [-0.2, -0.15) is 5.21 Å². The minimum Gasteiger partial charge on any atom is -0.481 e. The molecule has 2 aromatic rings. The number of aliphatic carboxylic acids is 1. The smallest absolute Gasteiger partial charge is 0.408 e. The molecule has 35 heavy (non-hydrogen) atoms. The Kier molecular flexibility index (Phi) is 7.99. The lowest BCUT2D eigenvalue weighted by molar-refractivity contribution is -0.137. The van der Waals surface area contributed by atoms with Crippen LogP contribution in [0.15, 0.2) is 24.3 Å². The van der Waals surface area contributed by atoms with E-state index in [4.69, 9.17) is 9.84 Å². The zero-order chi connectivity index (χ0) is 25.6. The number of aromatic nitrogens is 4. The van der Waals surface area contributed by atoms with Gasteiger partial charge in [-0.25, -0.2) is 4.79 Å². The zero-order valence-corrected chi connectivity index (χ0v) is 19.8. The van der Waals surface area contributed by atoms with E-state index in [1.165, 1.54) is 4.90 Å². The molecule has 1 aliphatic heterocycles. The molecule has 188 valence electrons. The first-order valence-corrected chi connectivity index (χ1v) is 11.2. The van der Waals surface area contributed by atoms with E-state index in [1.54, 1.807) is 32.9 Å². The number of carboxylic acids is 1. The summed E-state index contributed by atoms with van der Waals surface area (Å²) >= 11 is 0. The van der Waals surface area contributed by atoms with Crippen molar-refractivity contribution >= 4 is 29.6 Å². The Morgan fingerprint density at radius 3 is 2.66 bits per heavy atom. The number of carbonyl (C=O) groups excluding carboxylic acids is 3. The molecule has 0 fully saturated rings. The van der Waals surface area contributed by atoms with E-state index in [2.05, 4.69) is 31.3 Å². The van der Waals surface area contributed by atoms with E-state index >= 15 is 0 Å². The molecule has 3 rings (SSSR count). The summed E-state index contributed by atoms with van der Waals surface area (Å²) in [6.07, 6.45) is -0.512. The van der Waals surface area contributed by atoms with Crippen LogP contribution in [0, 0.1) is 0 Å². The van der Waals surface area contributed by atoms with Crippen LogP contribution in [0.25, 0.3) is 0 Å². The van der Waals surface area contributed by atoms with Crippen molar-refractivity contribution in [2.75, 3.05) is 4.90 Å². The van der Waals surface area contributed by atoms with Crippen LogP contribution in [-0.2, 0) is 32.1 Å². The second-order valence-corrected chi connectivity index (χ2v) is 9.09. The highest BCUT2D eigenvalue weighted by Gasteiger charge is 2.41. The van der Waals surface area contributed by atoms with Crippen LogP contribution >= 0.6 is 0 Å². The number of carboxylic acid groups (broad SMARTS) is 1. The van der Waals surface area contributed by atoms with Crippen molar-refractivity contribution in [3.05, 3.63) is 35.7 Å². The van der Waals surface area contributed by atoms with Gasteiger partial charge in [-0.3, -0.25) is 19.3 Å². The van der Waals surface area contributed by atoms with Gasteiger partial charge in [-0.15, -0.1) is 10.2 Å². The number of benzene rings is 1. The van der Waals surface area contributed by atoms with E-state index < -0.39 is 41.6 Å². The first-order chi connectivity index (χ1) is 16.5. The molecule has 0 saturated heterocycles. The molecule has 0 bridgehead atoms. The van der Waals surface area contributed by atoms with Crippen LogP contribution in [0.2, 0.25) is 0 Å². The maximum Gasteiger partial charge on any atom is 0.408 e. The van der Waals surface area contributed by atoms with Crippen molar-refractivity contribution in [1.29, 1.82) is 0 Å². The Bertz CT molecular complexity index is 1070. The Balaban J connectivity index is 1.83. The summed E-state index contributed by atoms with van der Waals surface area (Å²) in [5.41, 5.74) is 0.546. The molecule has 0 radical (unpaired) electrons. The lowest BCUT2D eigenvalue weighted by atomic mass is 10.1. The minimum absolute atomic E-state index is 0.0163. The molecule has 1 unspecified atom stereocenters. The Hall–Kier alpha value is -4.03.